The fourth-order valence-corrected chi connectivity index (χ4v) is 2.60. The summed E-state index contributed by atoms with van der Waals surface area (Å²) in [6, 6.07) is 5.55. The van der Waals surface area contributed by atoms with Gasteiger partial charge in [0.25, 0.3) is 5.91 Å². The molecule has 108 valence electrons. The molecule has 1 fully saturated rings. The molecule has 20 heavy (non-hydrogen) atoms. The van der Waals surface area contributed by atoms with Crippen LogP contribution in [0.15, 0.2) is 18.2 Å². The normalized spacial score (nSPS) is 21.9. The van der Waals surface area contributed by atoms with Gasteiger partial charge < -0.3 is 20.1 Å². The lowest BCUT2D eigenvalue weighted by molar-refractivity contribution is 0.0934. The number of benzene rings is 1. The average molecular weight is 276 g/mol. The van der Waals surface area contributed by atoms with Crippen LogP contribution in [0.2, 0.25) is 0 Å². The standard InChI is InChI=1S/C15H20N2O3/c18-15(17-12-3-1-2-6-16-10-12)11-4-5-13-14(9-11)20-8-7-19-13/h4-5,9,12,16H,1-3,6-8,10H2,(H,17,18). The third kappa shape index (κ3) is 3.04. The Morgan fingerprint density at radius 2 is 2.05 bits per heavy atom. The molecule has 0 aromatic heterocycles. The molecule has 2 aliphatic heterocycles. The van der Waals surface area contributed by atoms with Gasteiger partial charge in [0.1, 0.15) is 13.2 Å². The highest BCUT2D eigenvalue weighted by molar-refractivity contribution is 5.95. The minimum Gasteiger partial charge on any atom is -0.486 e. The van der Waals surface area contributed by atoms with E-state index >= 15 is 0 Å². The van der Waals surface area contributed by atoms with Gasteiger partial charge in [0.05, 0.1) is 0 Å². The van der Waals surface area contributed by atoms with Crippen molar-refractivity contribution in [1.29, 1.82) is 0 Å². The summed E-state index contributed by atoms with van der Waals surface area (Å²) in [5.41, 5.74) is 0.624. The van der Waals surface area contributed by atoms with Gasteiger partial charge in [0, 0.05) is 18.2 Å². The number of fused-ring (bicyclic) bond motifs is 1. The summed E-state index contributed by atoms with van der Waals surface area (Å²) < 4.78 is 11.0. The average Bonchev–Trinajstić information content (AvgIpc) is 2.75. The lowest BCUT2D eigenvalue weighted by atomic mass is 10.1. The molecule has 1 saturated heterocycles. The smallest absolute Gasteiger partial charge is 0.251 e. The SMILES string of the molecule is O=C(NC1CCCCNC1)c1ccc2c(c1)OCCO2. The largest absolute Gasteiger partial charge is 0.486 e. The van der Waals surface area contributed by atoms with Crippen molar-refractivity contribution >= 4 is 5.91 Å². The number of carbonyl (C=O) groups is 1. The summed E-state index contributed by atoms with van der Waals surface area (Å²) in [4.78, 5) is 12.3. The first-order valence-electron chi connectivity index (χ1n) is 7.24. The second-order valence-corrected chi connectivity index (χ2v) is 5.23. The summed E-state index contributed by atoms with van der Waals surface area (Å²) in [5.74, 6) is 1.32. The zero-order valence-corrected chi connectivity index (χ0v) is 11.5. The van der Waals surface area contributed by atoms with Crippen LogP contribution in [0.4, 0.5) is 0 Å². The zero-order valence-electron chi connectivity index (χ0n) is 11.5. The molecular weight excluding hydrogens is 256 g/mol. The molecule has 2 aliphatic rings. The summed E-state index contributed by atoms with van der Waals surface area (Å²) in [7, 11) is 0. The van der Waals surface area contributed by atoms with Crippen LogP contribution < -0.4 is 20.1 Å². The molecule has 1 unspecified atom stereocenters. The Morgan fingerprint density at radius 1 is 1.20 bits per heavy atom. The monoisotopic (exact) mass is 276 g/mol. The van der Waals surface area contributed by atoms with E-state index in [0.29, 0.717) is 30.3 Å². The van der Waals surface area contributed by atoms with Crippen molar-refractivity contribution in [2.75, 3.05) is 26.3 Å². The van der Waals surface area contributed by atoms with Gasteiger partial charge in [-0.3, -0.25) is 4.79 Å². The molecule has 0 saturated carbocycles. The van der Waals surface area contributed by atoms with Crippen LogP contribution in [0.25, 0.3) is 0 Å². The maximum atomic E-state index is 12.3. The van der Waals surface area contributed by atoms with Crippen molar-refractivity contribution in [2.45, 2.75) is 25.3 Å². The fourth-order valence-electron chi connectivity index (χ4n) is 2.60. The van der Waals surface area contributed by atoms with Crippen molar-refractivity contribution in [2.24, 2.45) is 0 Å². The van der Waals surface area contributed by atoms with Gasteiger partial charge in [-0.05, 0) is 37.6 Å². The molecular formula is C15H20N2O3. The molecule has 1 aromatic rings. The number of rotatable bonds is 2. The van der Waals surface area contributed by atoms with Crippen molar-refractivity contribution in [3.05, 3.63) is 23.8 Å². The van der Waals surface area contributed by atoms with E-state index in [4.69, 9.17) is 9.47 Å². The molecule has 0 spiro atoms. The second-order valence-electron chi connectivity index (χ2n) is 5.23. The molecule has 1 aromatic carbocycles. The third-order valence-corrected chi connectivity index (χ3v) is 3.69. The maximum absolute atomic E-state index is 12.3. The number of hydrogen-bond donors (Lipinski definition) is 2. The topological polar surface area (TPSA) is 59.6 Å². The molecule has 0 aliphatic carbocycles. The van der Waals surface area contributed by atoms with Crippen molar-refractivity contribution < 1.29 is 14.3 Å². The first-order valence-corrected chi connectivity index (χ1v) is 7.24. The van der Waals surface area contributed by atoms with Crippen LogP contribution in [0, 0.1) is 0 Å². The van der Waals surface area contributed by atoms with Crippen LogP contribution >= 0.6 is 0 Å². The van der Waals surface area contributed by atoms with E-state index in [2.05, 4.69) is 10.6 Å². The van der Waals surface area contributed by atoms with E-state index in [1.165, 1.54) is 6.42 Å². The number of nitrogens with one attached hydrogen (secondary N) is 2. The quantitative estimate of drug-likeness (QED) is 0.855. The van der Waals surface area contributed by atoms with E-state index in [1.54, 1.807) is 18.2 Å². The molecule has 0 bridgehead atoms. The third-order valence-electron chi connectivity index (χ3n) is 3.69. The van der Waals surface area contributed by atoms with Gasteiger partial charge in [-0.15, -0.1) is 0 Å². The first-order chi connectivity index (χ1) is 9.83. The minimum atomic E-state index is -0.0457. The number of ether oxygens (including phenoxy) is 2. The minimum absolute atomic E-state index is 0.0457. The Labute approximate surface area is 118 Å². The highest BCUT2D eigenvalue weighted by Gasteiger charge is 2.18. The lowest BCUT2D eigenvalue weighted by Crippen LogP contribution is -2.40. The van der Waals surface area contributed by atoms with Gasteiger partial charge in [0.15, 0.2) is 11.5 Å². The molecule has 5 nitrogen and oxygen atoms in total. The predicted octanol–water partition coefficient (Wildman–Crippen LogP) is 1.33. The Morgan fingerprint density at radius 3 is 2.95 bits per heavy atom. The summed E-state index contributed by atoms with van der Waals surface area (Å²) in [6.45, 7) is 2.98. The maximum Gasteiger partial charge on any atom is 0.251 e. The number of amides is 1. The van der Waals surface area contributed by atoms with Gasteiger partial charge in [0.2, 0.25) is 0 Å². The molecule has 1 amide bonds. The number of hydrogen-bond acceptors (Lipinski definition) is 4. The Bertz CT molecular complexity index is 482. The van der Waals surface area contributed by atoms with Crippen LogP contribution in [-0.4, -0.2) is 38.3 Å². The highest BCUT2D eigenvalue weighted by atomic mass is 16.6. The second kappa shape index (κ2) is 6.13. The molecule has 5 heteroatoms. The Kier molecular flexibility index (Phi) is 4.06. The Balaban J connectivity index is 1.67. The molecule has 2 N–H and O–H groups in total. The Hall–Kier alpha value is -1.75. The van der Waals surface area contributed by atoms with Crippen LogP contribution in [-0.2, 0) is 0 Å². The van der Waals surface area contributed by atoms with E-state index in [0.717, 1.165) is 25.9 Å². The van der Waals surface area contributed by atoms with E-state index < -0.39 is 0 Å². The zero-order chi connectivity index (χ0) is 13.8. The van der Waals surface area contributed by atoms with Gasteiger partial charge in [-0.25, -0.2) is 0 Å². The van der Waals surface area contributed by atoms with Gasteiger partial charge >= 0.3 is 0 Å². The van der Waals surface area contributed by atoms with E-state index in [-0.39, 0.29) is 11.9 Å². The van der Waals surface area contributed by atoms with Crippen LogP contribution in [0.5, 0.6) is 11.5 Å². The van der Waals surface area contributed by atoms with Crippen LogP contribution in [0.1, 0.15) is 29.6 Å². The molecule has 3 rings (SSSR count). The number of carbonyl (C=O) groups excluding carboxylic acids is 1. The summed E-state index contributed by atoms with van der Waals surface area (Å²) in [5, 5.41) is 6.43. The van der Waals surface area contributed by atoms with Crippen molar-refractivity contribution in [1.82, 2.24) is 10.6 Å². The van der Waals surface area contributed by atoms with Gasteiger partial charge in [-0.1, -0.05) is 6.42 Å². The van der Waals surface area contributed by atoms with Gasteiger partial charge in [-0.2, -0.15) is 0 Å². The van der Waals surface area contributed by atoms with Crippen LogP contribution in [0.3, 0.4) is 0 Å². The molecule has 2 heterocycles. The fraction of sp³-hybridized carbons (Fsp3) is 0.533. The van der Waals surface area contributed by atoms with Crippen molar-refractivity contribution in [3.63, 3.8) is 0 Å². The predicted molar refractivity (Wildman–Crippen MR) is 75.4 cm³/mol. The van der Waals surface area contributed by atoms with Crippen molar-refractivity contribution in [3.8, 4) is 11.5 Å². The molecule has 1 atom stereocenters. The van der Waals surface area contributed by atoms with E-state index in [9.17, 15) is 4.79 Å². The highest BCUT2D eigenvalue weighted by Crippen LogP contribution is 2.30. The summed E-state index contributed by atoms with van der Waals surface area (Å²) in [6.07, 6.45) is 3.36. The molecule has 0 radical (unpaired) electrons. The summed E-state index contributed by atoms with van der Waals surface area (Å²) >= 11 is 0. The van der Waals surface area contributed by atoms with E-state index in [1.807, 2.05) is 0 Å². The lowest BCUT2D eigenvalue weighted by Gasteiger charge is -2.20. The first kappa shape index (κ1) is 13.2.